The highest BCUT2D eigenvalue weighted by molar-refractivity contribution is 8.20. The summed E-state index contributed by atoms with van der Waals surface area (Å²) in [5.74, 6) is 3.48. The van der Waals surface area contributed by atoms with E-state index in [1.54, 1.807) is 7.11 Å². The van der Waals surface area contributed by atoms with Gasteiger partial charge < -0.3 is 4.74 Å². The first-order chi connectivity index (χ1) is 9.61. The molecule has 0 N–H and O–H groups in total. The van der Waals surface area contributed by atoms with Gasteiger partial charge in [0, 0.05) is 0 Å². The number of thioether (sulfide) groups is 2. The molecule has 108 valence electrons. The minimum atomic E-state index is -0.355. The molecule has 0 aromatic heterocycles. The van der Waals surface area contributed by atoms with Gasteiger partial charge in [-0.3, -0.25) is 4.79 Å². The maximum Gasteiger partial charge on any atom is 0.169 e. The number of hydrogen-bond acceptors (Lipinski definition) is 4. The van der Waals surface area contributed by atoms with Crippen molar-refractivity contribution in [2.75, 3.05) is 18.6 Å². The van der Waals surface area contributed by atoms with Crippen molar-refractivity contribution >= 4 is 29.3 Å². The topological polar surface area (TPSA) is 26.3 Å². The van der Waals surface area contributed by atoms with Crippen LogP contribution in [0.2, 0.25) is 0 Å². The van der Waals surface area contributed by atoms with Crippen molar-refractivity contribution in [3.63, 3.8) is 0 Å². The number of rotatable bonds is 2. The van der Waals surface area contributed by atoms with E-state index >= 15 is 0 Å². The average molecular weight is 308 g/mol. The predicted octanol–water partition coefficient (Wildman–Crippen LogP) is 3.88. The van der Waals surface area contributed by atoms with Crippen LogP contribution in [-0.2, 0) is 10.2 Å². The van der Waals surface area contributed by atoms with Gasteiger partial charge in [-0.1, -0.05) is 12.1 Å². The van der Waals surface area contributed by atoms with E-state index in [9.17, 15) is 4.79 Å². The maximum absolute atomic E-state index is 13.1. The van der Waals surface area contributed by atoms with Crippen molar-refractivity contribution < 1.29 is 9.53 Å². The fourth-order valence-corrected chi connectivity index (χ4v) is 6.61. The summed E-state index contributed by atoms with van der Waals surface area (Å²) in [6.07, 6.45) is 3.16. The summed E-state index contributed by atoms with van der Waals surface area (Å²) < 4.78 is 5.13. The molecule has 3 rings (SSSR count). The molecule has 2 fully saturated rings. The molecule has 1 atom stereocenters. The first kappa shape index (κ1) is 14.3. The van der Waals surface area contributed by atoms with Crippen LogP contribution in [0.4, 0.5) is 0 Å². The van der Waals surface area contributed by atoms with Crippen molar-refractivity contribution in [2.45, 2.75) is 35.7 Å². The SMILES string of the molecule is COc1cccc([C@@]2(C)CCC3(SCCCS3)C2=O)c1. The molecule has 1 aromatic rings. The molecule has 1 spiro atoms. The fraction of sp³-hybridized carbons (Fsp3) is 0.562. The highest BCUT2D eigenvalue weighted by atomic mass is 32.2. The lowest BCUT2D eigenvalue weighted by atomic mass is 9.80. The molecule has 0 bridgehead atoms. The zero-order chi connectivity index (χ0) is 14.2. The van der Waals surface area contributed by atoms with E-state index in [1.165, 1.54) is 6.42 Å². The standard InChI is InChI=1S/C16H20O2S2/c1-15(12-5-3-6-13(11-12)18-2)7-8-16(14(15)17)19-9-4-10-20-16/h3,5-6,11H,4,7-10H2,1-2H3/t15-/m1/s1. The lowest BCUT2D eigenvalue weighted by Gasteiger charge is -2.33. The molecule has 1 aliphatic carbocycles. The van der Waals surface area contributed by atoms with Gasteiger partial charge in [0.15, 0.2) is 5.78 Å². The molecule has 1 aliphatic heterocycles. The summed E-state index contributed by atoms with van der Waals surface area (Å²) in [5.41, 5.74) is 0.747. The predicted molar refractivity (Wildman–Crippen MR) is 86.9 cm³/mol. The summed E-state index contributed by atoms with van der Waals surface area (Å²) in [6, 6.07) is 8.01. The van der Waals surface area contributed by atoms with Crippen LogP contribution in [0.5, 0.6) is 5.75 Å². The number of methoxy groups -OCH3 is 1. The molecule has 20 heavy (non-hydrogen) atoms. The molecule has 2 nitrogen and oxygen atoms in total. The number of Topliss-reactive ketones (excluding diaryl/α,β-unsaturated/α-hetero) is 1. The number of carbonyl (C=O) groups excluding carboxylic acids is 1. The summed E-state index contributed by atoms with van der Waals surface area (Å²) >= 11 is 3.74. The van der Waals surface area contributed by atoms with Crippen LogP contribution in [0.3, 0.4) is 0 Å². The Morgan fingerprint density at radius 2 is 1.95 bits per heavy atom. The van der Waals surface area contributed by atoms with Gasteiger partial charge in [0.25, 0.3) is 0 Å². The van der Waals surface area contributed by atoms with E-state index in [0.717, 1.165) is 35.7 Å². The quantitative estimate of drug-likeness (QED) is 0.828. The second-order valence-corrected chi connectivity index (χ2v) is 8.74. The van der Waals surface area contributed by atoms with Crippen LogP contribution in [0.15, 0.2) is 24.3 Å². The molecule has 0 unspecified atom stereocenters. The van der Waals surface area contributed by atoms with Crippen molar-refractivity contribution in [3.8, 4) is 5.75 Å². The van der Waals surface area contributed by atoms with Gasteiger partial charge in [-0.25, -0.2) is 0 Å². The molecule has 2 aliphatic rings. The Hall–Kier alpha value is -0.610. The minimum absolute atomic E-state index is 0.184. The monoisotopic (exact) mass is 308 g/mol. The maximum atomic E-state index is 13.1. The van der Waals surface area contributed by atoms with Crippen molar-refractivity contribution in [3.05, 3.63) is 29.8 Å². The molecule has 0 radical (unpaired) electrons. The number of ketones is 1. The van der Waals surface area contributed by atoms with Crippen LogP contribution in [0.25, 0.3) is 0 Å². The number of carbonyl (C=O) groups is 1. The van der Waals surface area contributed by atoms with E-state index in [4.69, 9.17) is 4.74 Å². The second-order valence-electron chi connectivity index (χ2n) is 5.70. The number of ether oxygens (including phenoxy) is 1. The lowest BCUT2D eigenvalue weighted by molar-refractivity contribution is -0.121. The lowest BCUT2D eigenvalue weighted by Crippen LogP contribution is -2.39. The van der Waals surface area contributed by atoms with Crippen LogP contribution < -0.4 is 4.74 Å². The fourth-order valence-electron chi connectivity index (χ4n) is 3.15. The Kier molecular flexibility index (Phi) is 3.80. The molecule has 1 saturated heterocycles. The Bertz CT molecular complexity index is 523. The number of benzene rings is 1. The van der Waals surface area contributed by atoms with E-state index in [1.807, 2.05) is 41.7 Å². The van der Waals surface area contributed by atoms with E-state index in [0.29, 0.717) is 5.78 Å². The Morgan fingerprint density at radius 1 is 1.20 bits per heavy atom. The Morgan fingerprint density at radius 3 is 2.65 bits per heavy atom. The summed E-state index contributed by atoms with van der Waals surface area (Å²) in [4.78, 5) is 13.1. The molecule has 1 aromatic carbocycles. The van der Waals surface area contributed by atoms with Gasteiger partial charge in [-0.2, -0.15) is 0 Å². The highest BCUT2D eigenvalue weighted by Crippen LogP contribution is 2.56. The van der Waals surface area contributed by atoms with Crippen molar-refractivity contribution in [1.29, 1.82) is 0 Å². The van der Waals surface area contributed by atoms with Gasteiger partial charge in [0.2, 0.25) is 0 Å². The Labute approximate surface area is 129 Å². The third-order valence-corrected chi connectivity index (χ3v) is 7.87. The van der Waals surface area contributed by atoms with Crippen molar-refractivity contribution in [1.82, 2.24) is 0 Å². The zero-order valence-electron chi connectivity index (χ0n) is 12.0. The van der Waals surface area contributed by atoms with Gasteiger partial charge in [-0.05, 0) is 55.4 Å². The third-order valence-electron chi connectivity index (χ3n) is 4.47. The smallest absolute Gasteiger partial charge is 0.169 e. The van der Waals surface area contributed by atoms with Gasteiger partial charge >= 0.3 is 0 Å². The van der Waals surface area contributed by atoms with Crippen LogP contribution in [-0.4, -0.2) is 28.5 Å². The van der Waals surface area contributed by atoms with Crippen LogP contribution in [0.1, 0.15) is 31.7 Å². The third kappa shape index (κ3) is 2.17. The van der Waals surface area contributed by atoms with E-state index in [2.05, 4.69) is 13.0 Å². The van der Waals surface area contributed by atoms with E-state index < -0.39 is 0 Å². The van der Waals surface area contributed by atoms with E-state index in [-0.39, 0.29) is 9.49 Å². The average Bonchev–Trinajstić information content (AvgIpc) is 2.75. The molecule has 4 heteroatoms. The summed E-state index contributed by atoms with van der Waals surface area (Å²) in [5, 5.41) is 0. The normalized spacial score (nSPS) is 28.8. The van der Waals surface area contributed by atoms with Gasteiger partial charge in [0.05, 0.1) is 12.5 Å². The van der Waals surface area contributed by atoms with Crippen LogP contribution >= 0.6 is 23.5 Å². The molecular formula is C16H20O2S2. The van der Waals surface area contributed by atoms with Crippen molar-refractivity contribution in [2.24, 2.45) is 0 Å². The summed E-state index contributed by atoms with van der Waals surface area (Å²) in [6.45, 7) is 2.11. The molecular weight excluding hydrogens is 288 g/mol. The first-order valence-corrected chi connectivity index (χ1v) is 9.05. The molecule has 1 heterocycles. The molecule has 0 amide bonds. The minimum Gasteiger partial charge on any atom is -0.497 e. The molecule has 1 saturated carbocycles. The number of hydrogen-bond donors (Lipinski definition) is 0. The van der Waals surface area contributed by atoms with Gasteiger partial charge in [-0.15, -0.1) is 23.5 Å². The zero-order valence-corrected chi connectivity index (χ0v) is 13.6. The largest absolute Gasteiger partial charge is 0.497 e. The second kappa shape index (κ2) is 5.30. The highest BCUT2D eigenvalue weighted by Gasteiger charge is 2.56. The first-order valence-electron chi connectivity index (χ1n) is 7.08. The Balaban J connectivity index is 1.94. The summed E-state index contributed by atoms with van der Waals surface area (Å²) in [7, 11) is 1.67. The van der Waals surface area contributed by atoms with Gasteiger partial charge in [0.1, 0.15) is 9.83 Å². The van der Waals surface area contributed by atoms with Crippen LogP contribution in [0, 0.1) is 0 Å².